The number of rotatable bonds is 4. The minimum absolute atomic E-state index is 0.241. The van der Waals surface area contributed by atoms with Crippen LogP contribution >= 0.6 is 11.6 Å². The predicted octanol–water partition coefficient (Wildman–Crippen LogP) is 2.72. The standard InChI is InChI=1S/C13H11ClN2O4/c1-18-9-4-3-8(13(17)19-2)5-10(9)20-12-6-11(14)15-7-16-12/h3-7H,1-2H3. The number of hydrogen-bond acceptors (Lipinski definition) is 6. The summed E-state index contributed by atoms with van der Waals surface area (Å²) in [5.41, 5.74) is 0.337. The van der Waals surface area contributed by atoms with E-state index in [1.807, 2.05) is 0 Å². The van der Waals surface area contributed by atoms with Crippen molar-refractivity contribution < 1.29 is 19.0 Å². The Morgan fingerprint density at radius 1 is 1.15 bits per heavy atom. The summed E-state index contributed by atoms with van der Waals surface area (Å²) in [6.07, 6.45) is 1.27. The van der Waals surface area contributed by atoms with Gasteiger partial charge in [-0.25, -0.2) is 14.8 Å². The van der Waals surface area contributed by atoms with E-state index in [0.717, 1.165) is 0 Å². The molecule has 0 spiro atoms. The molecule has 0 bridgehead atoms. The first-order valence-electron chi connectivity index (χ1n) is 5.56. The summed E-state index contributed by atoms with van der Waals surface area (Å²) in [7, 11) is 2.80. The molecule has 0 N–H and O–H groups in total. The summed E-state index contributed by atoms with van der Waals surface area (Å²) >= 11 is 5.75. The van der Waals surface area contributed by atoms with Crippen molar-refractivity contribution >= 4 is 17.6 Å². The molecule has 0 aliphatic heterocycles. The second-order valence-corrected chi connectivity index (χ2v) is 4.03. The van der Waals surface area contributed by atoms with Crippen LogP contribution in [0.3, 0.4) is 0 Å². The van der Waals surface area contributed by atoms with Crippen molar-refractivity contribution in [3.63, 3.8) is 0 Å². The second-order valence-electron chi connectivity index (χ2n) is 3.64. The topological polar surface area (TPSA) is 70.5 Å². The van der Waals surface area contributed by atoms with Gasteiger partial charge in [-0.15, -0.1) is 0 Å². The Bertz CT molecular complexity index is 634. The Morgan fingerprint density at radius 3 is 2.60 bits per heavy atom. The van der Waals surface area contributed by atoms with E-state index < -0.39 is 5.97 Å². The lowest BCUT2D eigenvalue weighted by Gasteiger charge is -2.10. The number of aromatic nitrogens is 2. The van der Waals surface area contributed by atoms with Gasteiger partial charge < -0.3 is 14.2 Å². The quantitative estimate of drug-likeness (QED) is 0.638. The van der Waals surface area contributed by atoms with Crippen LogP contribution in [0, 0.1) is 0 Å². The van der Waals surface area contributed by atoms with Gasteiger partial charge in [0.15, 0.2) is 11.5 Å². The summed E-state index contributed by atoms with van der Waals surface area (Å²) in [6, 6.07) is 6.13. The second kappa shape index (κ2) is 6.21. The van der Waals surface area contributed by atoms with Crippen molar-refractivity contribution in [3.05, 3.63) is 41.3 Å². The summed E-state index contributed by atoms with van der Waals surface area (Å²) < 4.78 is 15.4. The van der Waals surface area contributed by atoms with E-state index in [4.69, 9.17) is 21.1 Å². The van der Waals surface area contributed by atoms with Crippen LogP contribution in [0.15, 0.2) is 30.6 Å². The van der Waals surface area contributed by atoms with Crippen molar-refractivity contribution in [2.45, 2.75) is 0 Å². The average Bonchev–Trinajstić information content (AvgIpc) is 2.46. The van der Waals surface area contributed by atoms with Crippen LogP contribution < -0.4 is 9.47 Å². The van der Waals surface area contributed by atoms with Crippen LogP contribution in [0.2, 0.25) is 5.15 Å². The SMILES string of the molecule is COC(=O)c1ccc(OC)c(Oc2cc(Cl)ncn2)c1. The van der Waals surface area contributed by atoms with Crippen molar-refractivity contribution in [3.8, 4) is 17.4 Å². The molecule has 6 nitrogen and oxygen atoms in total. The molecule has 0 amide bonds. The van der Waals surface area contributed by atoms with Gasteiger partial charge in [0.05, 0.1) is 19.8 Å². The summed E-state index contributed by atoms with van der Waals surface area (Å²) in [4.78, 5) is 19.2. The maximum absolute atomic E-state index is 11.5. The van der Waals surface area contributed by atoms with Crippen LogP contribution in [0.5, 0.6) is 17.4 Å². The Labute approximate surface area is 120 Å². The first-order chi connectivity index (χ1) is 9.63. The molecule has 2 rings (SSSR count). The van der Waals surface area contributed by atoms with Crippen LogP contribution in [0.1, 0.15) is 10.4 Å². The fourth-order valence-corrected chi connectivity index (χ4v) is 1.62. The molecular formula is C13H11ClN2O4. The highest BCUT2D eigenvalue weighted by molar-refractivity contribution is 6.29. The molecule has 0 unspecified atom stereocenters. The first-order valence-corrected chi connectivity index (χ1v) is 5.93. The van der Waals surface area contributed by atoms with Gasteiger partial charge >= 0.3 is 5.97 Å². The molecule has 0 atom stereocenters. The molecule has 0 radical (unpaired) electrons. The molecule has 1 heterocycles. The fraction of sp³-hybridized carbons (Fsp3) is 0.154. The molecule has 104 valence electrons. The smallest absolute Gasteiger partial charge is 0.337 e. The van der Waals surface area contributed by atoms with Gasteiger partial charge in [0.2, 0.25) is 5.88 Å². The Kier molecular flexibility index (Phi) is 4.37. The lowest BCUT2D eigenvalue weighted by Crippen LogP contribution is -2.02. The fourth-order valence-electron chi connectivity index (χ4n) is 1.49. The van der Waals surface area contributed by atoms with Gasteiger partial charge in [0.1, 0.15) is 11.5 Å². The van der Waals surface area contributed by atoms with Gasteiger partial charge in [-0.2, -0.15) is 0 Å². The number of halogens is 1. The molecule has 1 aromatic carbocycles. The highest BCUT2D eigenvalue weighted by atomic mass is 35.5. The van der Waals surface area contributed by atoms with Gasteiger partial charge in [-0.1, -0.05) is 11.6 Å². The first kappa shape index (κ1) is 14.1. The van der Waals surface area contributed by atoms with E-state index in [-0.39, 0.29) is 11.0 Å². The number of carbonyl (C=O) groups excluding carboxylic acids is 1. The third-order valence-electron chi connectivity index (χ3n) is 2.41. The van der Waals surface area contributed by atoms with Crippen molar-refractivity contribution in [1.82, 2.24) is 9.97 Å². The van der Waals surface area contributed by atoms with Gasteiger partial charge in [0.25, 0.3) is 0 Å². The van der Waals surface area contributed by atoms with Gasteiger partial charge in [0, 0.05) is 6.07 Å². The third kappa shape index (κ3) is 3.16. The van der Waals surface area contributed by atoms with Crippen LogP contribution in [0.4, 0.5) is 0 Å². The number of carbonyl (C=O) groups is 1. The monoisotopic (exact) mass is 294 g/mol. The average molecular weight is 295 g/mol. The molecule has 0 aliphatic carbocycles. The predicted molar refractivity (Wildman–Crippen MR) is 71.4 cm³/mol. The molecule has 20 heavy (non-hydrogen) atoms. The van der Waals surface area contributed by atoms with Crippen molar-refractivity contribution in [2.75, 3.05) is 14.2 Å². The molecule has 2 aromatic rings. The van der Waals surface area contributed by atoms with E-state index >= 15 is 0 Å². The molecule has 7 heteroatoms. The highest BCUT2D eigenvalue weighted by Crippen LogP contribution is 2.32. The largest absolute Gasteiger partial charge is 0.493 e. The molecule has 0 saturated carbocycles. The van der Waals surface area contributed by atoms with E-state index in [1.165, 1.54) is 32.7 Å². The maximum Gasteiger partial charge on any atom is 0.337 e. The number of methoxy groups -OCH3 is 2. The normalized spacial score (nSPS) is 9.95. The zero-order chi connectivity index (χ0) is 14.5. The minimum atomic E-state index is -0.474. The van der Waals surface area contributed by atoms with Crippen LogP contribution in [0.25, 0.3) is 0 Å². The van der Waals surface area contributed by atoms with E-state index in [9.17, 15) is 4.79 Å². The zero-order valence-corrected chi connectivity index (χ0v) is 11.5. The summed E-state index contributed by atoms with van der Waals surface area (Å²) in [5.74, 6) is 0.543. The van der Waals surface area contributed by atoms with Crippen molar-refractivity contribution in [1.29, 1.82) is 0 Å². The number of esters is 1. The number of hydrogen-bond donors (Lipinski definition) is 0. The molecular weight excluding hydrogens is 284 g/mol. The Balaban J connectivity index is 2.35. The van der Waals surface area contributed by atoms with Crippen LogP contribution in [-0.2, 0) is 4.74 Å². The Morgan fingerprint density at radius 2 is 1.95 bits per heavy atom. The van der Waals surface area contributed by atoms with E-state index in [0.29, 0.717) is 17.1 Å². The minimum Gasteiger partial charge on any atom is -0.493 e. The molecule has 0 fully saturated rings. The number of benzene rings is 1. The zero-order valence-electron chi connectivity index (χ0n) is 10.8. The lowest BCUT2D eigenvalue weighted by molar-refractivity contribution is 0.0600. The number of nitrogens with zero attached hydrogens (tertiary/aromatic N) is 2. The van der Waals surface area contributed by atoms with Crippen LogP contribution in [-0.4, -0.2) is 30.2 Å². The number of ether oxygens (including phenoxy) is 3. The van der Waals surface area contributed by atoms with Crippen molar-refractivity contribution in [2.24, 2.45) is 0 Å². The Hall–Kier alpha value is -2.34. The highest BCUT2D eigenvalue weighted by Gasteiger charge is 2.12. The molecule has 1 aromatic heterocycles. The maximum atomic E-state index is 11.5. The summed E-state index contributed by atoms with van der Waals surface area (Å²) in [5, 5.41) is 0.248. The molecule has 0 saturated heterocycles. The van der Waals surface area contributed by atoms with E-state index in [2.05, 4.69) is 14.7 Å². The van der Waals surface area contributed by atoms with Gasteiger partial charge in [-0.3, -0.25) is 0 Å². The summed E-state index contributed by atoms with van der Waals surface area (Å²) in [6.45, 7) is 0. The third-order valence-corrected chi connectivity index (χ3v) is 2.61. The van der Waals surface area contributed by atoms with E-state index in [1.54, 1.807) is 12.1 Å². The molecule has 0 aliphatic rings. The lowest BCUT2D eigenvalue weighted by atomic mass is 10.2. The van der Waals surface area contributed by atoms with Gasteiger partial charge in [-0.05, 0) is 18.2 Å².